The summed E-state index contributed by atoms with van der Waals surface area (Å²) < 4.78 is 0. The van der Waals surface area contributed by atoms with Gasteiger partial charge in [-0.05, 0) is 56.8 Å². The number of aromatic nitrogens is 2. The zero-order valence-corrected chi connectivity index (χ0v) is 15.9. The number of thiophene rings is 1. The first-order valence-corrected chi connectivity index (χ1v) is 10.6. The minimum absolute atomic E-state index is 0.332. The Balaban J connectivity index is 1.26. The molecule has 2 aliphatic heterocycles. The number of amides is 1. The van der Waals surface area contributed by atoms with E-state index in [2.05, 4.69) is 32.1 Å². The molecule has 1 amide bonds. The third-order valence-electron chi connectivity index (χ3n) is 6.23. The molecule has 1 N–H and O–H groups in total. The molecule has 2 aromatic rings. The molecule has 6 heteroatoms. The van der Waals surface area contributed by atoms with Gasteiger partial charge in [0.15, 0.2) is 0 Å². The van der Waals surface area contributed by atoms with E-state index < -0.39 is 0 Å². The molecule has 5 nitrogen and oxygen atoms in total. The van der Waals surface area contributed by atoms with Gasteiger partial charge in [-0.25, -0.2) is 0 Å². The van der Waals surface area contributed by atoms with Crippen molar-refractivity contribution in [3.8, 4) is 10.6 Å². The van der Waals surface area contributed by atoms with Crippen molar-refractivity contribution in [3.05, 3.63) is 29.3 Å². The van der Waals surface area contributed by atoms with E-state index in [4.69, 9.17) is 0 Å². The van der Waals surface area contributed by atoms with Crippen molar-refractivity contribution in [3.63, 3.8) is 0 Å². The summed E-state index contributed by atoms with van der Waals surface area (Å²) in [5.74, 6) is 0.401. The predicted molar refractivity (Wildman–Crippen MR) is 103 cm³/mol. The Morgan fingerprint density at radius 3 is 2.96 bits per heavy atom. The van der Waals surface area contributed by atoms with Gasteiger partial charge in [0.1, 0.15) is 0 Å². The van der Waals surface area contributed by atoms with Crippen LogP contribution in [0.1, 0.15) is 43.4 Å². The van der Waals surface area contributed by atoms with Gasteiger partial charge >= 0.3 is 0 Å². The van der Waals surface area contributed by atoms with Gasteiger partial charge in [-0.1, -0.05) is 0 Å². The molecule has 0 radical (unpaired) electrons. The summed E-state index contributed by atoms with van der Waals surface area (Å²) in [4.78, 5) is 19.8. The first kappa shape index (κ1) is 16.5. The summed E-state index contributed by atoms with van der Waals surface area (Å²) in [5, 5.41) is 7.10. The normalized spacial score (nSPS) is 27.4. The average molecular weight is 371 g/mol. The number of rotatable bonds is 4. The molecule has 2 aromatic heterocycles. The van der Waals surface area contributed by atoms with Crippen LogP contribution in [0.4, 0.5) is 0 Å². The zero-order chi connectivity index (χ0) is 17.6. The highest BCUT2D eigenvalue weighted by molar-refractivity contribution is 7.15. The van der Waals surface area contributed by atoms with Crippen LogP contribution >= 0.6 is 11.3 Å². The average Bonchev–Trinajstić information content (AvgIpc) is 3.14. The number of carbonyl (C=O) groups is 1. The van der Waals surface area contributed by atoms with Gasteiger partial charge in [-0.15, -0.1) is 11.3 Å². The summed E-state index contributed by atoms with van der Waals surface area (Å²) in [7, 11) is 0. The highest BCUT2D eigenvalue weighted by atomic mass is 32.1. The molecule has 4 heterocycles. The third-order valence-corrected chi connectivity index (χ3v) is 7.33. The topological polar surface area (TPSA) is 52.2 Å². The minimum Gasteiger partial charge on any atom is -0.339 e. The van der Waals surface area contributed by atoms with E-state index in [0.717, 1.165) is 38.2 Å². The Labute approximate surface area is 158 Å². The summed E-state index contributed by atoms with van der Waals surface area (Å²) in [6.07, 6.45) is 8.62. The van der Waals surface area contributed by atoms with Gasteiger partial charge in [0.2, 0.25) is 5.91 Å². The number of aromatic amines is 1. The van der Waals surface area contributed by atoms with Gasteiger partial charge in [0, 0.05) is 48.6 Å². The Morgan fingerprint density at radius 1 is 1.23 bits per heavy atom. The Kier molecular flexibility index (Phi) is 4.13. The molecule has 2 saturated heterocycles. The van der Waals surface area contributed by atoms with E-state index in [-0.39, 0.29) is 0 Å². The molecular formula is C20H26N4OS. The summed E-state index contributed by atoms with van der Waals surface area (Å²) >= 11 is 1.86. The number of likely N-dealkylation sites (tertiary alicyclic amines) is 2. The van der Waals surface area contributed by atoms with E-state index >= 15 is 0 Å². The second kappa shape index (κ2) is 6.50. The first-order valence-electron chi connectivity index (χ1n) is 9.81. The Bertz CT molecular complexity index is 782. The summed E-state index contributed by atoms with van der Waals surface area (Å²) in [6.45, 7) is 4.34. The van der Waals surface area contributed by atoms with E-state index in [9.17, 15) is 4.79 Å². The molecule has 0 aromatic carbocycles. The van der Waals surface area contributed by atoms with Gasteiger partial charge < -0.3 is 4.90 Å². The highest BCUT2D eigenvalue weighted by Crippen LogP contribution is 2.42. The minimum atomic E-state index is 0.332. The number of hydrogen-bond donors (Lipinski definition) is 1. The van der Waals surface area contributed by atoms with Crippen molar-refractivity contribution in [2.24, 2.45) is 5.41 Å². The van der Waals surface area contributed by atoms with Crippen LogP contribution in [0.25, 0.3) is 10.6 Å². The van der Waals surface area contributed by atoms with Crippen LogP contribution in [0.5, 0.6) is 0 Å². The fourth-order valence-electron chi connectivity index (χ4n) is 4.76. The molecule has 26 heavy (non-hydrogen) atoms. The molecule has 0 bridgehead atoms. The first-order chi connectivity index (χ1) is 12.7. The summed E-state index contributed by atoms with van der Waals surface area (Å²) in [5.41, 5.74) is 1.43. The monoisotopic (exact) mass is 370 g/mol. The van der Waals surface area contributed by atoms with E-state index in [1.165, 1.54) is 42.0 Å². The number of nitrogens with zero attached hydrogens (tertiary/aromatic N) is 3. The largest absolute Gasteiger partial charge is 0.339 e. The Morgan fingerprint density at radius 2 is 2.15 bits per heavy atom. The second-order valence-corrected chi connectivity index (χ2v) is 9.47. The van der Waals surface area contributed by atoms with Crippen molar-refractivity contribution >= 4 is 17.2 Å². The molecule has 3 aliphatic rings. The van der Waals surface area contributed by atoms with Crippen LogP contribution < -0.4 is 0 Å². The molecule has 1 spiro atoms. The van der Waals surface area contributed by atoms with Crippen LogP contribution in [-0.2, 0) is 11.3 Å². The van der Waals surface area contributed by atoms with Gasteiger partial charge in [0.25, 0.3) is 0 Å². The molecule has 1 aliphatic carbocycles. The van der Waals surface area contributed by atoms with Crippen LogP contribution in [-0.4, -0.2) is 51.6 Å². The highest BCUT2D eigenvalue weighted by Gasteiger charge is 2.45. The smallest absolute Gasteiger partial charge is 0.222 e. The standard InChI is InChI=1S/C20H26N4OS/c25-19-6-9-20(14-24(19)15-2-3-15)8-1-11-23(13-20)12-16-4-5-18(26-16)17-7-10-21-22-17/h4-5,7,10,15H,1-3,6,8-9,11-14H2,(H,21,22). The van der Waals surface area contributed by atoms with Crippen LogP contribution in [0.3, 0.4) is 0 Å². The molecule has 1 saturated carbocycles. The van der Waals surface area contributed by atoms with E-state index in [1.807, 2.05) is 17.4 Å². The molecule has 5 rings (SSSR count). The predicted octanol–water partition coefficient (Wildman–Crippen LogP) is 3.51. The molecule has 138 valence electrons. The van der Waals surface area contributed by atoms with Crippen molar-refractivity contribution in [2.75, 3.05) is 19.6 Å². The van der Waals surface area contributed by atoms with Gasteiger partial charge in [-0.3, -0.25) is 14.8 Å². The lowest BCUT2D eigenvalue weighted by atomic mass is 9.73. The SMILES string of the molecule is O=C1CCC2(CCCN(Cc3ccc(-c4ccn[nH]4)s3)C2)CN1C1CC1. The van der Waals surface area contributed by atoms with Gasteiger partial charge in [0.05, 0.1) is 10.6 Å². The molecule has 1 atom stereocenters. The van der Waals surface area contributed by atoms with Crippen molar-refractivity contribution < 1.29 is 4.79 Å². The number of carbonyl (C=O) groups excluding carboxylic acids is 1. The van der Waals surface area contributed by atoms with Crippen LogP contribution in [0, 0.1) is 5.41 Å². The fourth-order valence-corrected chi connectivity index (χ4v) is 5.79. The molecular weight excluding hydrogens is 344 g/mol. The van der Waals surface area contributed by atoms with E-state index in [1.54, 1.807) is 6.20 Å². The quantitative estimate of drug-likeness (QED) is 0.896. The fraction of sp³-hybridized carbons (Fsp3) is 0.600. The van der Waals surface area contributed by atoms with Crippen LogP contribution in [0.2, 0.25) is 0 Å². The number of nitrogens with one attached hydrogen (secondary N) is 1. The van der Waals surface area contributed by atoms with E-state index in [0.29, 0.717) is 17.4 Å². The lowest BCUT2D eigenvalue weighted by Gasteiger charge is -2.48. The van der Waals surface area contributed by atoms with Gasteiger partial charge in [-0.2, -0.15) is 5.10 Å². The number of hydrogen-bond acceptors (Lipinski definition) is 4. The Hall–Kier alpha value is -1.66. The number of piperidine rings is 2. The van der Waals surface area contributed by atoms with Crippen molar-refractivity contribution in [1.29, 1.82) is 0 Å². The second-order valence-electron chi connectivity index (χ2n) is 8.30. The summed E-state index contributed by atoms with van der Waals surface area (Å²) in [6, 6.07) is 7.03. The van der Waals surface area contributed by atoms with Crippen molar-refractivity contribution in [1.82, 2.24) is 20.0 Å². The molecule has 1 unspecified atom stereocenters. The molecule has 3 fully saturated rings. The van der Waals surface area contributed by atoms with Crippen LogP contribution in [0.15, 0.2) is 24.4 Å². The number of H-pyrrole nitrogens is 1. The maximum atomic E-state index is 12.3. The maximum absolute atomic E-state index is 12.3. The third kappa shape index (κ3) is 3.21. The van der Waals surface area contributed by atoms with Crippen molar-refractivity contribution in [2.45, 2.75) is 51.1 Å². The zero-order valence-electron chi connectivity index (χ0n) is 15.1. The lowest BCUT2D eigenvalue weighted by Crippen LogP contribution is -2.54. The maximum Gasteiger partial charge on any atom is 0.222 e. The lowest BCUT2D eigenvalue weighted by molar-refractivity contribution is -0.140.